The summed E-state index contributed by atoms with van der Waals surface area (Å²) in [7, 11) is 1.43. The Balaban J connectivity index is 1.67. The third-order valence-electron chi connectivity index (χ3n) is 6.81. The second kappa shape index (κ2) is 9.65. The number of hydrogen-bond acceptors (Lipinski definition) is 3. The smallest absolute Gasteiger partial charge is 0.173 e. The van der Waals surface area contributed by atoms with E-state index in [9.17, 15) is 17.6 Å². The number of methoxy groups -OCH3 is 1. The summed E-state index contributed by atoms with van der Waals surface area (Å²) in [6, 6.07) is 14.7. The number of ether oxygens (including phenoxy) is 1. The van der Waals surface area contributed by atoms with Crippen molar-refractivity contribution < 1.29 is 22.3 Å². The van der Waals surface area contributed by atoms with Crippen molar-refractivity contribution in [1.29, 1.82) is 0 Å². The zero-order valence-corrected chi connectivity index (χ0v) is 20.6. The molecule has 0 N–H and O–H groups in total. The maximum atomic E-state index is 14.3. The van der Waals surface area contributed by atoms with E-state index in [4.69, 9.17) is 9.72 Å². The molecule has 0 fully saturated rings. The van der Waals surface area contributed by atoms with Gasteiger partial charge >= 0.3 is 0 Å². The van der Waals surface area contributed by atoms with Crippen LogP contribution < -0.4 is 4.74 Å². The van der Waals surface area contributed by atoms with E-state index in [2.05, 4.69) is 6.92 Å². The lowest BCUT2D eigenvalue weighted by Crippen LogP contribution is -2.31. The molecule has 0 spiro atoms. The van der Waals surface area contributed by atoms with Crippen LogP contribution in [0.5, 0.6) is 5.75 Å². The molecule has 1 aliphatic rings. The van der Waals surface area contributed by atoms with Crippen LogP contribution in [0.15, 0.2) is 65.8 Å². The molecule has 0 saturated heterocycles. The fourth-order valence-corrected chi connectivity index (χ4v) is 5.98. The average molecular weight is 513 g/mol. The van der Waals surface area contributed by atoms with Crippen LogP contribution in [-0.2, 0) is 17.6 Å². The van der Waals surface area contributed by atoms with Gasteiger partial charge in [0.15, 0.2) is 16.7 Å². The zero-order valence-electron chi connectivity index (χ0n) is 19.8. The van der Waals surface area contributed by atoms with Gasteiger partial charge in [0, 0.05) is 22.4 Å². The third-order valence-corrected chi connectivity index (χ3v) is 7.78. The van der Waals surface area contributed by atoms with Crippen molar-refractivity contribution in [3.8, 4) is 11.4 Å². The van der Waals surface area contributed by atoms with Crippen molar-refractivity contribution in [1.82, 2.24) is 9.55 Å². The Labute approximate surface area is 211 Å². The molecule has 3 nitrogen and oxygen atoms in total. The minimum Gasteiger partial charge on any atom is -0.494 e. The lowest BCUT2D eigenvalue weighted by molar-refractivity contribution is 0.381. The van der Waals surface area contributed by atoms with Crippen LogP contribution in [0, 0.1) is 23.3 Å². The standard InChI is InChI=1S/C28H24F4N2OS/c1-28(17-8-13-23(32)25(15-17)35-2)14-4-7-24-26(28)34(19-11-9-18(29)10-12-19)27(33-24)36-16-20-21(30)5-3-6-22(20)31/h3,5-6,8-13,15H,4,7,14,16H2,1-2H3. The number of aryl methyl sites for hydroxylation is 1. The number of aromatic nitrogens is 2. The largest absolute Gasteiger partial charge is 0.494 e. The van der Waals surface area contributed by atoms with Gasteiger partial charge in [0.1, 0.15) is 17.5 Å². The molecule has 4 aromatic rings. The molecular weight excluding hydrogens is 488 g/mol. The molecule has 0 saturated carbocycles. The quantitative estimate of drug-likeness (QED) is 0.199. The molecule has 8 heteroatoms. The molecule has 0 amide bonds. The topological polar surface area (TPSA) is 27.1 Å². The normalized spacial score (nSPS) is 17.2. The Bertz CT molecular complexity index is 1400. The van der Waals surface area contributed by atoms with Crippen molar-refractivity contribution in [3.05, 3.63) is 106 Å². The number of thioether (sulfide) groups is 1. The van der Waals surface area contributed by atoms with Gasteiger partial charge in [-0.2, -0.15) is 0 Å². The van der Waals surface area contributed by atoms with Gasteiger partial charge in [0.05, 0.1) is 18.5 Å². The lowest BCUT2D eigenvalue weighted by atomic mass is 9.71. The van der Waals surface area contributed by atoms with Gasteiger partial charge in [-0.15, -0.1) is 0 Å². The van der Waals surface area contributed by atoms with Crippen LogP contribution >= 0.6 is 11.8 Å². The van der Waals surface area contributed by atoms with Crippen molar-refractivity contribution in [2.24, 2.45) is 0 Å². The summed E-state index contributed by atoms with van der Waals surface area (Å²) in [4.78, 5) is 4.89. The number of benzene rings is 3. The Hall–Kier alpha value is -3.26. The summed E-state index contributed by atoms with van der Waals surface area (Å²) < 4.78 is 63.9. The second-order valence-electron chi connectivity index (χ2n) is 9.03. The van der Waals surface area contributed by atoms with Crippen LogP contribution in [-0.4, -0.2) is 16.7 Å². The molecule has 1 unspecified atom stereocenters. The van der Waals surface area contributed by atoms with E-state index in [-0.39, 0.29) is 22.9 Å². The molecule has 3 aromatic carbocycles. The minimum absolute atomic E-state index is 0.0276. The molecule has 0 aliphatic heterocycles. The summed E-state index contributed by atoms with van der Waals surface area (Å²) in [5, 5.41) is 0.552. The van der Waals surface area contributed by atoms with E-state index >= 15 is 0 Å². The summed E-state index contributed by atoms with van der Waals surface area (Å²) in [5.41, 5.74) is 2.71. The first-order valence-corrected chi connectivity index (χ1v) is 12.6. The lowest BCUT2D eigenvalue weighted by Gasteiger charge is -2.36. The van der Waals surface area contributed by atoms with Gasteiger partial charge in [0.25, 0.3) is 0 Å². The molecule has 1 aliphatic carbocycles. The molecule has 0 radical (unpaired) electrons. The highest BCUT2D eigenvalue weighted by molar-refractivity contribution is 7.98. The van der Waals surface area contributed by atoms with Crippen LogP contribution in [0.1, 0.15) is 42.3 Å². The van der Waals surface area contributed by atoms with Gasteiger partial charge in [0.2, 0.25) is 0 Å². The Morgan fingerprint density at radius 2 is 1.69 bits per heavy atom. The fourth-order valence-electron chi connectivity index (χ4n) is 4.93. The molecule has 1 aromatic heterocycles. The minimum atomic E-state index is -0.615. The number of fused-ring (bicyclic) bond motifs is 1. The molecular formula is C28H24F4N2OS. The second-order valence-corrected chi connectivity index (χ2v) is 9.97. The van der Waals surface area contributed by atoms with Crippen LogP contribution in [0.4, 0.5) is 17.6 Å². The van der Waals surface area contributed by atoms with Crippen LogP contribution in [0.25, 0.3) is 5.69 Å². The first-order chi connectivity index (χ1) is 17.3. The predicted molar refractivity (Wildman–Crippen MR) is 132 cm³/mol. The Morgan fingerprint density at radius 1 is 0.972 bits per heavy atom. The third kappa shape index (κ3) is 4.28. The molecule has 1 heterocycles. The first kappa shape index (κ1) is 24.4. The highest BCUT2D eigenvalue weighted by atomic mass is 32.2. The highest BCUT2D eigenvalue weighted by Gasteiger charge is 2.40. The Kier molecular flexibility index (Phi) is 6.55. The number of imidazole rings is 1. The van der Waals surface area contributed by atoms with Crippen LogP contribution in [0.2, 0.25) is 0 Å². The predicted octanol–water partition coefficient (Wildman–Crippen LogP) is 7.37. The SMILES string of the molecule is COc1cc(C2(C)CCCc3nc(SCc4c(F)cccc4F)n(-c4ccc(F)cc4)c32)ccc1F. The summed E-state index contributed by atoms with van der Waals surface area (Å²) in [5.74, 6) is -1.86. The van der Waals surface area contributed by atoms with Gasteiger partial charge in [-0.1, -0.05) is 23.9 Å². The summed E-state index contributed by atoms with van der Waals surface area (Å²) in [6.45, 7) is 2.07. The zero-order chi connectivity index (χ0) is 25.4. The number of hydrogen-bond donors (Lipinski definition) is 0. The molecule has 186 valence electrons. The maximum absolute atomic E-state index is 14.3. The average Bonchev–Trinajstić information content (AvgIpc) is 3.24. The maximum Gasteiger partial charge on any atom is 0.173 e. The molecule has 0 bridgehead atoms. The summed E-state index contributed by atoms with van der Waals surface area (Å²) >= 11 is 1.22. The summed E-state index contributed by atoms with van der Waals surface area (Å²) in [6.07, 6.45) is 2.35. The van der Waals surface area contributed by atoms with E-state index < -0.39 is 22.9 Å². The van der Waals surface area contributed by atoms with E-state index in [1.54, 1.807) is 24.3 Å². The molecule has 1 atom stereocenters. The fraction of sp³-hybridized carbons (Fsp3) is 0.250. The van der Waals surface area contributed by atoms with Crippen molar-refractivity contribution in [3.63, 3.8) is 0 Å². The van der Waals surface area contributed by atoms with Crippen molar-refractivity contribution in [2.75, 3.05) is 7.11 Å². The molecule has 5 rings (SSSR count). The first-order valence-electron chi connectivity index (χ1n) is 11.6. The number of nitrogens with zero attached hydrogens (tertiary/aromatic N) is 2. The van der Waals surface area contributed by atoms with Gasteiger partial charge in [-0.05, 0) is 80.3 Å². The van der Waals surface area contributed by atoms with Crippen LogP contribution in [0.3, 0.4) is 0 Å². The highest BCUT2D eigenvalue weighted by Crippen LogP contribution is 2.46. The van der Waals surface area contributed by atoms with E-state index in [1.165, 1.54) is 55.3 Å². The van der Waals surface area contributed by atoms with Crippen molar-refractivity contribution >= 4 is 11.8 Å². The monoisotopic (exact) mass is 512 g/mol. The van der Waals surface area contributed by atoms with Gasteiger partial charge in [-0.25, -0.2) is 22.5 Å². The Morgan fingerprint density at radius 3 is 2.39 bits per heavy atom. The van der Waals surface area contributed by atoms with E-state index in [1.807, 2.05) is 4.57 Å². The number of halogens is 4. The van der Waals surface area contributed by atoms with Gasteiger partial charge < -0.3 is 4.74 Å². The number of rotatable bonds is 6. The van der Waals surface area contributed by atoms with Gasteiger partial charge in [-0.3, -0.25) is 4.57 Å². The van der Waals surface area contributed by atoms with E-state index in [0.717, 1.165) is 36.2 Å². The molecule has 36 heavy (non-hydrogen) atoms. The van der Waals surface area contributed by atoms with E-state index in [0.29, 0.717) is 10.8 Å². The van der Waals surface area contributed by atoms with Crippen molar-refractivity contribution in [2.45, 2.75) is 42.5 Å².